The van der Waals surface area contributed by atoms with E-state index in [0.29, 0.717) is 5.56 Å². The maximum Gasteiger partial charge on any atom is 0.338 e. The molecule has 13 heavy (non-hydrogen) atoms. The van der Waals surface area contributed by atoms with Gasteiger partial charge in [-0.05, 0) is 36.9 Å². The summed E-state index contributed by atoms with van der Waals surface area (Å²) in [6, 6.07) is 5.70. The molecule has 0 saturated heterocycles. The van der Waals surface area contributed by atoms with Crippen molar-refractivity contribution in [3.05, 3.63) is 29.3 Å². The predicted molar refractivity (Wildman–Crippen MR) is 54.3 cm³/mol. The zero-order valence-corrected chi connectivity index (χ0v) is 8.77. The van der Waals surface area contributed by atoms with Crippen molar-refractivity contribution in [2.75, 3.05) is 13.4 Å². The van der Waals surface area contributed by atoms with Crippen LogP contribution in [0.1, 0.15) is 15.9 Å². The fourth-order valence-corrected chi connectivity index (χ4v) is 1.60. The molecule has 0 N–H and O–H groups in total. The van der Waals surface area contributed by atoms with Gasteiger partial charge in [0.15, 0.2) is 0 Å². The zero-order chi connectivity index (χ0) is 9.84. The molecule has 0 aromatic heterocycles. The third-order valence-corrected chi connectivity index (χ3v) is 2.56. The van der Waals surface area contributed by atoms with E-state index in [1.807, 2.05) is 25.3 Å². The van der Waals surface area contributed by atoms with Gasteiger partial charge < -0.3 is 4.74 Å². The summed E-state index contributed by atoms with van der Waals surface area (Å²) in [5, 5.41) is 0. The van der Waals surface area contributed by atoms with Crippen LogP contribution < -0.4 is 0 Å². The highest BCUT2D eigenvalue weighted by Crippen LogP contribution is 2.19. The Morgan fingerprint density at radius 1 is 1.46 bits per heavy atom. The van der Waals surface area contributed by atoms with Crippen LogP contribution in [0.25, 0.3) is 0 Å². The fraction of sp³-hybridized carbons (Fsp3) is 0.300. The molecule has 0 heterocycles. The summed E-state index contributed by atoms with van der Waals surface area (Å²) in [5.41, 5.74) is 1.60. The number of methoxy groups -OCH3 is 1. The van der Waals surface area contributed by atoms with E-state index < -0.39 is 0 Å². The molecule has 0 radical (unpaired) electrons. The van der Waals surface area contributed by atoms with Crippen molar-refractivity contribution in [2.45, 2.75) is 11.8 Å². The van der Waals surface area contributed by atoms with Crippen molar-refractivity contribution in [2.24, 2.45) is 0 Å². The van der Waals surface area contributed by atoms with Crippen molar-refractivity contribution in [1.82, 2.24) is 0 Å². The molecule has 0 aliphatic heterocycles. The smallest absolute Gasteiger partial charge is 0.338 e. The number of carbonyl (C=O) groups excluding carboxylic acids is 1. The molecule has 1 aromatic rings. The molecule has 0 bridgehead atoms. The SMILES string of the molecule is COC(=O)c1ccc(SC)cc1C. The van der Waals surface area contributed by atoms with Gasteiger partial charge >= 0.3 is 5.97 Å². The van der Waals surface area contributed by atoms with Crippen molar-refractivity contribution in [3.63, 3.8) is 0 Å². The van der Waals surface area contributed by atoms with E-state index in [1.54, 1.807) is 17.8 Å². The number of aryl methyl sites for hydroxylation is 1. The molecule has 0 aliphatic carbocycles. The molecule has 0 amide bonds. The lowest BCUT2D eigenvalue weighted by atomic mass is 10.1. The van der Waals surface area contributed by atoms with E-state index in [2.05, 4.69) is 4.74 Å². The Kier molecular flexibility index (Phi) is 3.37. The van der Waals surface area contributed by atoms with Gasteiger partial charge in [0.2, 0.25) is 0 Å². The Hall–Kier alpha value is -0.960. The summed E-state index contributed by atoms with van der Waals surface area (Å²) < 4.78 is 4.64. The molecule has 0 atom stereocenters. The number of carbonyl (C=O) groups is 1. The Bertz CT molecular complexity index is 321. The van der Waals surface area contributed by atoms with Crippen LogP contribution in [-0.4, -0.2) is 19.3 Å². The first-order chi connectivity index (χ1) is 6.19. The highest BCUT2D eigenvalue weighted by molar-refractivity contribution is 7.98. The lowest BCUT2D eigenvalue weighted by Crippen LogP contribution is -2.03. The third kappa shape index (κ3) is 2.25. The minimum atomic E-state index is -0.273. The van der Waals surface area contributed by atoms with E-state index >= 15 is 0 Å². The lowest BCUT2D eigenvalue weighted by Gasteiger charge is -2.04. The molecular weight excluding hydrogens is 184 g/mol. The average molecular weight is 196 g/mol. The van der Waals surface area contributed by atoms with Gasteiger partial charge in [-0.25, -0.2) is 4.79 Å². The van der Waals surface area contributed by atoms with Gasteiger partial charge in [0.1, 0.15) is 0 Å². The molecular formula is C10H12O2S. The lowest BCUT2D eigenvalue weighted by molar-refractivity contribution is 0.0600. The van der Waals surface area contributed by atoms with Gasteiger partial charge in [-0.3, -0.25) is 0 Å². The fourth-order valence-electron chi connectivity index (χ4n) is 1.10. The molecule has 3 heteroatoms. The summed E-state index contributed by atoms with van der Waals surface area (Å²) in [6.45, 7) is 1.91. The second-order valence-electron chi connectivity index (χ2n) is 2.67. The first kappa shape index (κ1) is 10.1. The van der Waals surface area contributed by atoms with Gasteiger partial charge in [-0.2, -0.15) is 0 Å². The van der Waals surface area contributed by atoms with Crippen LogP contribution in [0.15, 0.2) is 23.1 Å². The van der Waals surface area contributed by atoms with E-state index in [9.17, 15) is 4.79 Å². The van der Waals surface area contributed by atoms with E-state index in [4.69, 9.17) is 0 Å². The molecule has 1 rings (SSSR count). The topological polar surface area (TPSA) is 26.3 Å². The number of hydrogen-bond donors (Lipinski definition) is 0. The Balaban J connectivity index is 3.05. The maximum absolute atomic E-state index is 11.2. The van der Waals surface area contributed by atoms with E-state index in [-0.39, 0.29) is 5.97 Å². The van der Waals surface area contributed by atoms with Crippen molar-refractivity contribution < 1.29 is 9.53 Å². The molecule has 1 aromatic carbocycles. The van der Waals surface area contributed by atoms with Gasteiger partial charge in [0, 0.05) is 4.90 Å². The summed E-state index contributed by atoms with van der Waals surface area (Å²) in [7, 11) is 1.39. The highest BCUT2D eigenvalue weighted by atomic mass is 32.2. The second kappa shape index (κ2) is 4.33. The van der Waals surface area contributed by atoms with Crippen LogP contribution >= 0.6 is 11.8 Å². The second-order valence-corrected chi connectivity index (χ2v) is 3.55. The van der Waals surface area contributed by atoms with Crippen LogP contribution in [0.3, 0.4) is 0 Å². The summed E-state index contributed by atoms with van der Waals surface area (Å²) in [5.74, 6) is -0.273. The van der Waals surface area contributed by atoms with Crippen LogP contribution in [-0.2, 0) is 4.74 Å². The van der Waals surface area contributed by atoms with Gasteiger partial charge in [-0.1, -0.05) is 0 Å². The quantitative estimate of drug-likeness (QED) is 0.537. The van der Waals surface area contributed by atoms with Crippen molar-refractivity contribution in [3.8, 4) is 0 Å². The van der Waals surface area contributed by atoms with Crippen LogP contribution in [0.5, 0.6) is 0 Å². The van der Waals surface area contributed by atoms with Gasteiger partial charge in [0.05, 0.1) is 12.7 Å². The molecule has 2 nitrogen and oxygen atoms in total. The Morgan fingerprint density at radius 3 is 2.62 bits per heavy atom. The molecule has 0 aliphatic rings. The minimum absolute atomic E-state index is 0.273. The van der Waals surface area contributed by atoms with Crippen molar-refractivity contribution >= 4 is 17.7 Å². The summed E-state index contributed by atoms with van der Waals surface area (Å²) in [6.07, 6.45) is 2.01. The zero-order valence-electron chi connectivity index (χ0n) is 7.96. The third-order valence-electron chi connectivity index (χ3n) is 1.84. The van der Waals surface area contributed by atoms with Gasteiger partial charge in [-0.15, -0.1) is 11.8 Å². The summed E-state index contributed by atoms with van der Waals surface area (Å²) >= 11 is 1.66. The maximum atomic E-state index is 11.2. The van der Waals surface area contributed by atoms with Crippen LogP contribution in [0.2, 0.25) is 0 Å². The number of ether oxygens (including phenoxy) is 1. The van der Waals surface area contributed by atoms with E-state index in [1.165, 1.54) is 7.11 Å². The monoisotopic (exact) mass is 196 g/mol. The molecule has 0 spiro atoms. The van der Waals surface area contributed by atoms with Gasteiger partial charge in [0.25, 0.3) is 0 Å². The molecule has 70 valence electrons. The molecule has 0 saturated carbocycles. The van der Waals surface area contributed by atoms with Crippen LogP contribution in [0.4, 0.5) is 0 Å². The number of rotatable bonds is 2. The average Bonchev–Trinajstić information content (AvgIpc) is 2.16. The Morgan fingerprint density at radius 2 is 2.15 bits per heavy atom. The van der Waals surface area contributed by atoms with E-state index in [0.717, 1.165) is 10.5 Å². The minimum Gasteiger partial charge on any atom is -0.465 e. The predicted octanol–water partition coefficient (Wildman–Crippen LogP) is 2.50. The van der Waals surface area contributed by atoms with Crippen molar-refractivity contribution in [1.29, 1.82) is 0 Å². The number of esters is 1. The number of benzene rings is 1. The first-order valence-electron chi connectivity index (χ1n) is 3.92. The molecule has 0 unspecified atom stereocenters. The molecule has 0 fully saturated rings. The standard InChI is InChI=1S/C10H12O2S/c1-7-6-8(13-3)4-5-9(7)10(11)12-2/h4-6H,1-3H3. The normalized spacial score (nSPS) is 9.77. The largest absolute Gasteiger partial charge is 0.465 e. The first-order valence-corrected chi connectivity index (χ1v) is 5.14. The van der Waals surface area contributed by atoms with Crippen LogP contribution in [0, 0.1) is 6.92 Å². The summed E-state index contributed by atoms with van der Waals surface area (Å²) in [4.78, 5) is 12.4. The number of hydrogen-bond acceptors (Lipinski definition) is 3. The highest BCUT2D eigenvalue weighted by Gasteiger charge is 2.08. The number of thioether (sulfide) groups is 1. The Labute approximate surface area is 82.3 Å².